The molecule has 2 heteroatoms. The molecule has 112 valence electrons. The van der Waals surface area contributed by atoms with Crippen molar-refractivity contribution in [3.8, 4) is 0 Å². The van der Waals surface area contributed by atoms with Crippen LogP contribution in [0.2, 0.25) is 5.02 Å². The van der Waals surface area contributed by atoms with Crippen molar-refractivity contribution < 1.29 is 0 Å². The molecule has 0 aromatic heterocycles. The van der Waals surface area contributed by atoms with E-state index < -0.39 is 0 Å². The Balaban J connectivity index is 2.24. The second-order valence-electron chi connectivity index (χ2n) is 6.33. The third-order valence-electron chi connectivity index (χ3n) is 4.81. The number of rotatable bonds is 3. The zero-order valence-electron chi connectivity index (χ0n) is 13.1. The van der Waals surface area contributed by atoms with Gasteiger partial charge in [0.25, 0.3) is 0 Å². The van der Waals surface area contributed by atoms with Crippen molar-refractivity contribution in [1.29, 1.82) is 0 Å². The van der Waals surface area contributed by atoms with E-state index in [0.717, 1.165) is 10.9 Å². The SMILES string of the molecule is CNC(c1cc(C)c(Cl)cc1C)C1CCCCCCC1. The molecule has 0 bridgehead atoms. The monoisotopic (exact) mass is 293 g/mol. The molecule has 1 N–H and O–H groups in total. The molecule has 0 saturated heterocycles. The van der Waals surface area contributed by atoms with Crippen LogP contribution in [0.4, 0.5) is 0 Å². The van der Waals surface area contributed by atoms with Crippen molar-refractivity contribution in [2.45, 2.75) is 64.8 Å². The number of nitrogens with one attached hydrogen (secondary N) is 1. The smallest absolute Gasteiger partial charge is 0.0438 e. The van der Waals surface area contributed by atoms with E-state index in [-0.39, 0.29) is 0 Å². The van der Waals surface area contributed by atoms with Crippen molar-refractivity contribution in [2.24, 2.45) is 5.92 Å². The van der Waals surface area contributed by atoms with Crippen molar-refractivity contribution in [1.82, 2.24) is 5.32 Å². The maximum atomic E-state index is 6.25. The molecule has 0 aliphatic heterocycles. The summed E-state index contributed by atoms with van der Waals surface area (Å²) in [6, 6.07) is 4.89. The number of benzene rings is 1. The lowest BCUT2D eigenvalue weighted by molar-refractivity contribution is 0.299. The normalized spacial score (nSPS) is 19.4. The van der Waals surface area contributed by atoms with Gasteiger partial charge in [0.1, 0.15) is 0 Å². The van der Waals surface area contributed by atoms with Crippen LogP contribution in [0.3, 0.4) is 0 Å². The molecule has 1 unspecified atom stereocenters. The Morgan fingerprint density at radius 2 is 1.60 bits per heavy atom. The molecule has 1 aliphatic carbocycles. The molecule has 2 rings (SSSR count). The van der Waals surface area contributed by atoms with Crippen molar-refractivity contribution >= 4 is 11.6 Å². The van der Waals surface area contributed by atoms with Crippen LogP contribution < -0.4 is 5.32 Å². The van der Waals surface area contributed by atoms with Gasteiger partial charge in [-0.2, -0.15) is 0 Å². The van der Waals surface area contributed by atoms with E-state index in [1.54, 1.807) is 0 Å². The van der Waals surface area contributed by atoms with Crippen LogP contribution in [0.25, 0.3) is 0 Å². The van der Waals surface area contributed by atoms with E-state index in [1.165, 1.54) is 61.6 Å². The summed E-state index contributed by atoms with van der Waals surface area (Å²) in [7, 11) is 2.10. The van der Waals surface area contributed by atoms with Crippen LogP contribution in [0.5, 0.6) is 0 Å². The van der Waals surface area contributed by atoms with Gasteiger partial charge in [0, 0.05) is 11.1 Å². The lowest BCUT2D eigenvalue weighted by Gasteiger charge is -2.30. The first-order valence-corrected chi connectivity index (χ1v) is 8.45. The lowest BCUT2D eigenvalue weighted by Crippen LogP contribution is -2.27. The Kier molecular flexibility index (Phi) is 5.92. The molecule has 0 heterocycles. The van der Waals surface area contributed by atoms with Gasteiger partial charge < -0.3 is 5.32 Å². The van der Waals surface area contributed by atoms with Crippen molar-refractivity contribution in [2.75, 3.05) is 7.05 Å². The van der Waals surface area contributed by atoms with Gasteiger partial charge in [0.05, 0.1) is 0 Å². The minimum Gasteiger partial charge on any atom is -0.313 e. The minimum atomic E-state index is 0.476. The Morgan fingerprint density at radius 3 is 2.20 bits per heavy atom. The molecule has 1 aromatic carbocycles. The van der Waals surface area contributed by atoms with E-state index in [1.807, 2.05) is 0 Å². The second-order valence-corrected chi connectivity index (χ2v) is 6.74. The Labute approximate surface area is 129 Å². The van der Waals surface area contributed by atoms with Crippen LogP contribution in [0.15, 0.2) is 12.1 Å². The third kappa shape index (κ3) is 3.77. The first kappa shape index (κ1) is 15.9. The summed E-state index contributed by atoms with van der Waals surface area (Å²) in [5, 5.41) is 4.47. The fourth-order valence-corrected chi connectivity index (χ4v) is 3.82. The molecule has 1 saturated carbocycles. The average Bonchev–Trinajstić information content (AvgIpc) is 2.38. The van der Waals surface area contributed by atoms with E-state index >= 15 is 0 Å². The van der Waals surface area contributed by atoms with Crippen LogP contribution in [-0.2, 0) is 0 Å². The molecule has 0 spiro atoms. The fourth-order valence-electron chi connectivity index (χ4n) is 3.60. The molecule has 1 nitrogen and oxygen atoms in total. The van der Waals surface area contributed by atoms with Crippen molar-refractivity contribution in [3.05, 3.63) is 33.8 Å². The highest BCUT2D eigenvalue weighted by Crippen LogP contribution is 2.35. The molecule has 1 fully saturated rings. The first-order chi connectivity index (χ1) is 9.63. The van der Waals surface area contributed by atoms with Crippen LogP contribution in [0.1, 0.15) is 67.7 Å². The molecule has 0 amide bonds. The highest BCUT2D eigenvalue weighted by Gasteiger charge is 2.24. The average molecular weight is 294 g/mol. The van der Waals surface area contributed by atoms with Gasteiger partial charge in [-0.3, -0.25) is 0 Å². The van der Waals surface area contributed by atoms with Crippen molar-refractivity contribution in [3.63, 3.8) is 0 Å². The molecule has 1 atom stereocenters. The summed E-state index contributed by atoms with van der Waals surface area (Å²) in [4.78, 5) is 0. The molecule has 1 aliphatic rings. The summed E-state index contributed by atoms with van der Waals surface area (Å²) < 4.78 is 0. The molecular formula is C18H28ClN. The van der Waals surface area contributed by atoms with E-state index in [4.69, 9.17) is 11.6 Å². The maximum Gasteiger partial charge on any atom is 0.0438 e. The predicted molar refractivity (Wildman–Crippen MR) is 88.5 cm³/mol. The summed E-state index contributed by atoms with van der Waals surface area (Å²) in [6.45, 7) is 4.30. The van der Waals surface area contributed by atoms with Gasteiger partial charge in [-0.1, -0.05) is 49.8 Å². The summed E-state index contributed by atoms with van der Waals surface area (Å²) in [5.74, 6) is 0.763. The quantitative estimate of drug-likeness (QED) is 0.767. The standard InChI is InChI=1S/C18H28ClN/c1-13-12-17(19)14(2)11-16(13)18(20-3)15-9-7-5-4-6-8-10-15/h11-12,15,18,20H,4-10H2,1-3H3. The lowest BCUT2D eigenvalue weighted by atomic mass is 9.81. The Bertz CT molecular complexity index is 433. The molecule has 0 radical (unpaired) electrons. The van der Waals surface area contributed by atoms with Gasteiger partial charge >= 0.3 is 0 Å². The first-order valence-electron chi connectivity index (χ1n) is 8.07. The minimum absolute atomic E-state index is 0.476. The van der Waals surface area contributed by atoms with E-state index in [2.05, 4.69) is 38.3 Å². The van der Waals surface area contributed by atoms with Gasteiger partial charge in [-0.25, -0.2) is 0 Å². The number of hydrogen-bond donors (Lipinski definition) is 1. The highest BCUT2D eigenvalue weighted by atomic mass is 35.5. The predicted octanol–water partition coefficient (Wildman–Crippen LogP) is 5.58. The number of aryl methyl sites for hydroxylation is 2. The summed E-state index contributed by atoms with van der Waals surface area (Å²) in [6.07, 6.45) is 9.72. The van der Waals surface area contributed by atoms with Gasteiger partial charge in [-0.15, -0.1) is 0 Å². The van der Waals surface area contributed by atoms with E-state index in [9.17, 15) is 0 Å². The zero-order chi connectivity index (χ0) is 14.5. The largest absolute Gasteiger partial charge is 0.313 e. The fraction of sp³-hybridized carbons (Fsp3) is 0.667. The van der Waals surface area contributed by atoms with Crippen LogP contribution in [0, 0.1) is 19.8 Å². The van der Waals surface area contributed by atoms with Gasteiger partial charge in [0.2, 0.25) is 0 Å². The number of hydrogen-bond acceptors (Lipinski definition) is 1. The third-order valence-corrected chi connectivity index (χ3v) is 5.22. The highest BCUT2D eigenvalue weighted by molar-refractivity contribution is 6.31. The molecular weight excluding hydrogens is 266 g/mol. The van der Waals surface area contributed by atoms with Gasteiger partial charge in [-0.05, 0) is 62.4 Å². The Hall–Kier alpha value is -0.530. The van der Waals surface area contributed by atoms with E-state index in [0.29, 0.717) is 6.04 Å². The summed E-state index contributed by atoms with van der Waals surface area (Å²) >= 11 is 6.25. The van der Waals surface area contributed by atoms with Crippen LogP contribution in [-0.4, -0.2) is 7.05 Å². The number of halogens is 1. The Morgan fingerprint density at radius 1 is 1.00 bits per heavy atom. The topological polar surface area (TPSA) is 12.0 Å². The molecule has 1 aromatic rings. The van der Waals surface area contributed by atoms with Gasteiger partial charge in [0.15, 0.2) is 0 Å². The summed E-state index contributed by atoms with van der Waals surface area (Å²) in [5.41, 5.74) is 3.96. The molecule has 20 heavy (non-hydrogen) atoms. The second kappa shape index (κ2) is 7.47. The van der Waals surface area contributed by atoms with Crippen LogP contribution >= 0.6 is 11.6 Å². The maximum absolute atomic E-state index is 6.25. The zero-order valence-corrected chi connectivity index (χ0v) is 13.9.